The van der Waals surface area contributed by atoms with Crippen LogP contribution in [0.1, 0.15) is 34.8 Å². The maximum Gasteiger partial charge on any atom is 0.252 e. The maximum atomic E-state index is 11.4. The number of carbonyl (C=O) groups excluding carboxylic acids is 1. The zero-order valence-electron chi connectivity index (χ0n) is 9.71. The van der Waals surface area contributed by atoms with Crippen LogP contribution in [0.25, 0.3) is 5.82 Å². The summed E-state index contributed by atoms with van der Waals surface area (Å²) in [5.74, 6) is 0.411. The lowest BCUT2D eigenvalue weighted by Gasteiger charge is -2.06. The number of primary amides is 1. The second-order valence-electron chi connectivity index (χ2n) is 4.46. The van der Waals surface area contributed by atoms with Gasteiger partial charge < -0.3 is 11.5 Å². The van der Waals surface area contributed by atoms with Gasteiger partial charge in [-0.2, -0.15) is 5.10 Å². The van der Waals surface area contributed by atoms with Crippen LogP contribution in [0.5, 0.6) is 0 Å². The van der Waals surface area contributed by atoms with E-state index in [9.17, 15) is 4.79 Å². The van der Waals surface area contributed by atoms with E-state index < -0.39 is 5.91 Å². The lowest BCUT2D eigenvalue weighted by Crippen LogP contribution is -2.16. The van der Waals surface area contributed by atoms with Gasteiger partial charge in [0.2, 0.25) is 0 Å². The lowest BCUT2D eigenvalue weighted by atomic mass is 10.2. The molecule has 1 amide bonds. The van der Waals surface area contributed by atoms with Gasteiger partial charge in [0.15, 0.2) is 5.82 Å². The van der Waals surface area contributed by atoms with E-state index >= 15 is 0 Å². The molecule has 6 heteroatoms. The quantitative estimate of drug-likeness (QED) is 0.833. The number of nitrogen functional groups attached to an aromatic ring is 1. The molecule has 0 aliphatic heterocycles. The van der Waals surface area contributed by atoms with Crippen LogP contribution >= 0.6 is 0 Å². The van der Waals surface area contributed by atoms with Gasteiger partial charge in [-0.3, -0.25) is 4.79 Å². The molecule has 4 N–H and O–H groups in total. The maximum absolute atomic E-state index is 11.4. The molecule has 6 nitrogen and oxygen atoms in total. The number of rotatable bonds is 3. The summed E-state index contributed by atoms with van der Waals surface area (Å²) in [5, 5.41) is 4.42. The first-order valence-corrected chi connectivity index (χ1v) is 5.76. The van der Waals surface area contributed by atoms with E-state index in [1.165, 1.54) is 25.1 Å². The van der Waals surface area contributed by atoms with E-state index in [-0.39, 0.29) is 5.56 Å². The van der Waals surface area contributed by atoms with Crippen molar-refractivity contribution < 1.29 is 4.79 Å². The van der Waals surface area contributed by atoms with Crippen molar-refractivity contribution in [3.05, 3.63) is 35.8 Å². The lowest BCUT2D eigenvalue weighted by molar-refractivity contribution is 0.1000. The molecule has 2 aromatic heterocycles. The summed E-state index contributed by atoms with van der Waals surface area (Å²) in [6.45, 7) is 0. The van der Waals surface area contributed by atoms with Crippen molar-refractivity contribution in [3.63, 3.8) is 0 Å². The zero-order chi connectivity index (χ0) is 12.7. The predicted molar refractivity (Wildman–Crippen MR) is 66.3 cm³/mol. The molecule has 0 radical (unpaired) electrons. The van der Waals surface area contributed by atoms with Gasteiger partial charge in [-0.05, 0) is 25.0 Å². The minimum atomic E-state index is -0.562. The van der Waals surface area contributed by atoms with Gasteiger partial charge in [0.25, 0.3) is 5.91 Å². The minimum absolute atomic E-state index is 0.278. The Morgan fingerprint density at radius 1 is 1.44 bits per heavy atom. The van der Waals surface area contributed by atoms with E-state index in [4.69, 9.17) is 11.5 Å². The summed E-state index contributed by atoms with van der Waals surface area (Å²) in [6, 6.07) is 3.46. The average molecular weight is 243 g/mol. The van der Waals surface area contributed by atoms with Crippen LogP contribution in [0.2, 0.25) is 0 Å². The smallest absolute Gasteiger partial charge is 0.252 e. The van der Waals surface area contributed by atoms with Crippen molar-refractivity contribution in [2.45, 2.75) is 18.8 Å². The van der Waals surface area contributed by atoms with Crippen LogP contribution in [0.15, 0.2) is 24.5 Å². The van der Waals surface area contributed by atoms with Crippen molar-refractivity contribution in [1.82, 2.24) is 14.8 Å². The van der Waals surface area contributed by atoms with E-state index in [2.05, 4.69) is 10.1 Å². The number of nitrogens with two attached hydrogens (primary N) is 2. The SMILES string of the molecule is NC(=O)c1cc(N)cnc1-n1ccc(C2CC2)n1. The summed E-state index contributed by atoms with van der Waals surface area (Å²) in [4.78, 5) is 15.5. The Morgan fingerprint density at radius 3 is 2.89 bits per heavy atom. The number of anilines is 1. The van der Waals surface area contributed by atoms with Gasteiger partial charge >= 0.3 is 0 Å². The molecule has 18 heavy (non-hydrogen) atoms. The minimum Gasteiger partial charge on any atom is -0.397 e. The summed E-state index contributed by atoms with van der Waals surface area (Å²) < 4.78 is 1.58. The molecule has 1 saturated carbocycles. The molecule has 2 heterocycles. The van der Waals surface area contributed by atoms with E-state index in [0.717, 1.165) is 5.69 Å². The molecule has 0 atom stereocenters. The van der Waals surface area contributed by atoms with Crippen molar-refractivity contribution >= 4 is 11.6 Å². The molecule has 0 bridgehead atoms. The summed E-state index contributed by atoms with van der Waals surface area (Å²) in [5.41, 5.74) is 12.6. The van der Waals surface area contributed by atoms with Crippen LogP contribution in [0.4, 0.5) is 5.69 Å². The number of pyridine rings is 1. The molecule has 0 saturated heterocycles. The third-order valence-electron chi connectivity index (χ3n) is 2.98. The Labute approximate surface area is 104 Å². The van der Waals surface area contributed by atoms with E-state index in [1.807, 2.05) is 6.07 Å². The number of hydrogen-bond acceptors (Lipinski definition) is 4. The van der Waals surface area contributed by atoms with Crippen molar-refractivity contribution in [1.29, 1.82) is 0 Å². The highest BCUT2D eigenvalue weighted by Crippen LogP contribution is 2.39. The molecule has 2 aromatic rings. The zero-order valence-corrected chi connectivity index (χ0v) is 9.71. The van der Waals surface area contributed by atoms with Crippen LogP contribution < -0.4 is 11.5 Å². The topological polar surface area (TPSA) is 99.8 Å². The second kappa shape index (κ2) is 3.83. The van der Waals surface area contributed by atoms with Crippen LogP contribution in [-0.2, 0) is 0 Å². The third-order valence-corrected chi connectivity index (χ3v) is 2.98. The Morgan fingerprint density at radius 2 is 2.22 bits per heavy atom. The van der Waals surface area contributed by atoms with Gasteiger partial charge in [0.1, 0.15) is 0 Å². The van der Waals surface area contributed by atoms with Gasteiger partial charge in [-0.15, -0.1) is 0 Å². The van der Waals surface area contributed by atoms with E-state index in [0.29, 0.717) is 17.4 Å². The normalized spacial score (nSPS) is 14.7. The third kappa shape index (κ3) is 1.81. The Balaban J connectivity index is 2.06. The highest BCUT2D eigenvalue weighted by molar-refractivity contribution is 5.96. The molecular formula is C12H13N5O. The number of aromatic nitrogens is 3. The Kier molecular flexibility index (Phi) is 2.29. The van der Waals surface area contributed by atoms with Crippen LogP contribution in [-0.4, -0.2) is 20.7 Å². The van der Waals surface area contributed by atoms with Crippen molar-refractivity contribution in [2.24, 2.45) is 5.73 Å². The average Bonchev–Trinajstić information content (AvgIpc) is 3.08. The molecule has 3 rings (SSSR count). The largest absolute Gasteiger partial charge is 0.397 e. The molecule has 1 aliphatic rings. The fourth-order valence-corrected chi connectivity index (χ4v) is 1.89. The van der Waals surface area contributed by atoms with Crippen molar-refractivity contribution in [3.8, 4) is 5.82 Å². The monoisotopic (exact) mass is 243 g/mol. The molecule has 1 fully saturated rings. The Hall–Kier alpha value is -2.37. The van der Waals surface area contributed by atoms with Crippen molar-refractivity contribution in [2.75, 3.05) is 5.73 Å². The van der Waals surface area contributed by atoms with Gasteiger partial charge in [-0.25, -0.2) is 9.67 Å². The molecule has 0 unspecified atom stereocenters. The molecule has 0 aromatic carbocycles. The molecular weight excluding hydrogens is 230 g/mol. The Bertz CT molecular complexity index is 615. The predicted octanol–water partition coefficient (Wildman–Crippen LogP) is 0.826. The number of hydrogen-bond donors (Lipinski definition) is 2. The summed E-state index contributed by atoms with van der Waals surface area (Å²) in [6.07, 6.45) is 5.63. The highest BCUT2D eigenvalue weighted by atomic mass is 16.1. The van der Waals surface area contributed by atoms with Crippen LogP contribution in [0.3, 0.4) is 0 Å². The number of amides is 1. The first-order chi connectivity index (χ1) is 8.65. The molecule has 1 aliphatic carbocycles. The highest BCUT2D eigenvalue weighted by Gasteiger charge is 2.26. The van der Waals surface area contributed by atoms with Crippen LogP contribution in [0, 0.1) is 0 Å². The first-order valence-electron chi connectivity index (χ1n) is 5.76. The van der Waals surface area contributed by atoms with Gasteiger partial charge in [0.05, 0.1) is 23.1 Å². The van der Waals surface area contributed by atoms with Gasteiger partial charge in [0, 0.05) is 12.1 Å². The fourth-order valence-electron chi connectivity index (χ4n) is 1.89. The second-order valence-corrected chi connectivity index (χ2v) is 4.46. The standard InChI is InChI=1S/C12H13N5O/c13-8-5-9(11(14)18)12(15-6-8)17-4-3-10(16-17)7-1-2-7/h3-7H,1-2,13H2,(H2,14,18). The first kappa shape index (κ1) is 10.8. The van der Waals surface area contributed by atoms with E-state index in [1.54, 1.807) is 10.9 Å². The number of carbonyl (C=O) groups is 1. The van der Waals surface area contributed by atoms with Gasteiger partial charge in [-0.1, -0.05) is 0 Å². The fraction of sp³-hybridized carbons (Fsp3) is 0.250. The summed E-state index contributed by atoms with van der Waals surface area (Å²) >= 11 is 0. The molecule has 0 spiro atoms. The molecule has 92 valence electrons. The summed E-state index contributed by atoms with van der Waals surface area (Å²) in [7, 11) is 0. The number of nitrogens with zero attached hydrogens (tertiary/aromatic N) is 3.